The summed E-state index contributed by atoms with van der Waals surface area (Å²) in [5.41, 5.74) is 7.54. The lowest BCUT2D eigenvalue weighted by Gasteiger charge is -2.05. The molecule has 2 aromatic carbocycles. The van der Waals surface area contributed by atoms with Gasteiger partial charge in [-0.15, -0.1) is 5.10 Å². The van der Waals surface area contributed by atoms with E-state index in [0.29, 0.717) is 27.7 Å². The number of nitrogens with two attached hydrogens (primary N) is 1. The highest BCUT2D eigenvalue weighted by molar-refractivity contribution is 8.13. The van der Waals surface area contributed by atoms with Crippen LogP contribution in [0.4, 0.5) is 13.2 Å². The van der Waals surface area contributed by atoms with E-state index in [0.717, 1.165) is 11.6 Å². The zero-order valence-electron chi connectivity index (χ0n) is 15.5. The molecule has 0 atom stereocenters. The van der Waals surface area contributed by atoms with Crippen LogP contribution in [0.2, 0.25) is 0 Å². The fraction of sp³-hybridized carbons (Fsp3) is 0.150. The van der Waals surface area contributed by atoms with Crippen molar-refractivity contribution in [2.45, 2.75) is 11.9 Å². The Kier molecular flexibility index (Phi) is 6.38. The SMILES string of the molecule is Cn1nc(C(F)(F)F)cc1-c1ccccc1C=NN=C(N)SCc1ccccc1. The van der Waals surface area contributed by atoms with E-state index >= 15 is 0 Å². The average Bonchev–Trinajstić information content (AvgIpc) is 3.10. The minimum atomic E-state index is -4.51. The summed E-state index contributed by atoms with van der Waals surface area (Å²) >= 11 is 1.35. The molecule has 0 radical (unpaired) electrons. The molecule has 0 spiro atoms. The fourth-order valence-electron chi connectivity index (χ4n) is 2.61. The normalized spacial score (nSPS) is 12.6. The van der Waals surface area contributed by atoms with Gasteiger partial charge in [-0.3, -0.25) is 4.68 Å². The summed E-state index contributed by atoms with van der Waals surface area (Å²) in [5.74, 6) is 0.664. The Hall–Kier alpha value is -3.07. The molecule has 3 rings (SSSR count). The van der Waals surface area contributed by atoms with E-state index in [-0.39, 0.29) is 0 Å². The van der Waals surface area contributed by atoms with E-state index < -0.39 is 11.9 Å². The number of rotatable bonds is 5. The minimum Gasteiger partial charge on any atom is -0.377 e. The first-order valence-corrected chi connectivity index (χ1v) is 9.57. The van der Waals surface area contributed by atoms with Gasteiger partial charge in [-0.25, -0.2) is 0 Å². The summed E-state index contributed by atoms with van der Waals surface area (Å²) in [5, 5.41) is 11.8. The maximum atomic E-state index is 12.9. The Bertz CT molecular complexity index is 1030. The molecule has 0 unspecified atom stereocenters. The van der Waals surface area contributed by atoms with Crippen LogP contribution in [0, 0.1) is 0 Å². The van der Waals surface area contributed by atoms with E-state index in [2.05, 4.69) is 15.3 Å². The van der Waals surface area contributed by atoms with Gasteiger partial charge >= 0.3 is 6.18 Å². The van der Waals surface area contributed by atoms with Gasteiger partial charge in [0.15, 0.2) is 10.9 Å². The monoisotopic (exact) mass is 417 g/mol. The molecule has 0 amide bonds. The number of thioether (sulfide) groups is 1. The quantitative estimate of drug-likeness (QED) is 0.372. The highest BCUT2D eigenvalue weighted by atomic mass is 32.2. The van der Waals surface area contributed by atoms with E-state index in [1.54, 1.807) is 24.3 Å². The summed E-state index contributed by atoms with van der Waals surface area (Å²) in [6.45, 7) is 0. The smallest absolute Gasteiger partial charge is 0.377 e. The number of hydrogen-bond acceptors (Lipinski definition) is 4. The standard InChI is InChI=1S/C20H18F3N5S/c1-28-17(11-18(27-28)20(21,22)23)16-10-6-5-9-15(16)12-25-26-19(24)29-13-14-7-3-2-4-8-14/h2-12H,13H2,1H3,(H2,24,26). The minimum absolute atomic E-state index is 0.294. The first kappa shape index (κ1) is 20.7. The summed E-state index contributed by atoms with van der Waals surface area (Å²) in [6.07, 6.45) is -3.04. The number of alkyl halides is 3. The van der Waals surface area contributed by atoms with E-state index in [9.17, 15) is 13.2 Å². The second kappa shape index (κ2) is 8.95. The van der Waals surface area contributed by atoms with Gasteiger partial charge in [0, 0.05) is 23.9 Å². The molecule has 5 nitrogen and oxygen atoms in total. The van der Waals surface area contributed by atoms with Crippen molar-refractivity contribution in [1.29, 1.82) is 0 Å². The third kappa shape index (κ3) is 5.47. The van der Waals surface area contributed by atoms with Crippen molar-refractivity contribution in [3.63, 3.8) is 0 Å². The molecular formula is C20H18F3N5S. The van der Waals surface area contributed by atoms with E-state index in [1.165, 1.54) is 29.7 Å². The van der Waals surface area contributed by atoms with Crippen LogP contribution in [0.5, 0.6) is 0 Å². The highest BCUT2D eigenvalue weighted by Gasteiger charge is 2.34. The number of aromatic nitrogens is 2. The molecule has 3 aromatic rings. The number of amidine groups is 1. The van der Waals surface area contributed by atoms with Crippen molar-refractivity contribution in [1.82, 2.24) is 9.78 Å². The predicted molar refractivity (Wildman–Crippen MR) is 111 cm³/mol. The average molecular weight is 417 g/mol. The first-order valence-electron chi connectivity index (χ1n) is 8.58. The second-order valence-corrected chi connectivity index (χ2v) is 7.08. The van der Waals surface area contributed by atoms with Gasteiger partial charge in [-0.05, 0) is 11.6 Å². The third-order valence-corrected chi connectivity index (χ3v) is 4.84. The van der Waals surface area contributed by atoms with E-state index in [1.807, 2.05) is 30.3 Å². The van der Waals surface area contributed by atoms with Gasteiger partial charge in [-0.2, -0.15) is 23.4 Å². The van der Waals surface area contributed by atoms with Crippen molar-refractivity contribution in [3.8, 4) is 11.3 Å². The summed E-state index contributed by atoms with van der Waals surface area (Å²) in [7, 11) is 1.47. The molecule has 2 N–H and O–H groups in total. The fourth-order valence-corrected chi connectivity index (χ4v) is 3.22. The van der Waals surface area contributed by atoms with Gasteiger partial charge in [0.2, 0.25) is 0 Å². The molecular weight excluding hydrogens is 399 g/mol. The Balaban J connectivity index is 1.76. The van der Waals surface area contributed by atoms with Crippen LogP contribution >= 0.6 is 11.8 Å². The second-order valence-electron chi connectivity index (χ2n) is 6.08. The van der Waals surface area contributed by atoms with Gasteiger partial charge < -0.3 is 5.73 Å². The van der Waals surface area contributed by atoms with E-state index in [4.69, 9.17) is 5.73 Å². The molecule has 9 heteroatoms. The lowest BCUT2D eigenvalue weighted by Crippen LogP contribution is -2.06. The molecule has 0 bridgehead atoms. The van der Waals surface area contributed by atoms with Gasteiger partial charge in [-0.1, -0.05) is 66.4 Å². The number of halogens is 3. The predicted octanol–water partition coefficient (Wildman–Crippen LogP) is 4.69. The third-order valence-electron chi connectivity index (χ3n) is 3.99. The Morgan fingerprint density at radius 3 is 2.52 bits per heavy atom. The highest BCUT2D eigenvalue weighted by Crippen LogP contribution is 2.32. The van der Waals surface area contributed by atoms with Crippen molar-refractivity contribution in [2.75, 3.05) is 0 Å². The van der Waals surface area contributed by atoms with Gasteiger partial charge in [0.1, 0.15) is 0 Å². The van der Waals surface area contributed by atoms with Crippen molar-refractivity contribution in [3.05, 3.63) is 77.5 Å². The summed E-state index contributed by atoms with van der Waals surface area (Å²) in [4.78, 5) is 0. The first-order chi connectivity index (χ1) is 13.8. The largest absolute Gasteiger partial charge is 0.435 e. The molecule has 0 saturated carbocycles. The summed E-state index contributed by atoms with van der Waals surface area (Å²) < 4.78 is 40.0. The van der Waals surface area contributed by atoms with Crippen LogP contribution < -0.4 is 5.73 Å². The van der Waals surface area contributed by atoms with Gasteiger partial charge in [0.25, 0.3) is 0 Å². The number of aryl methyl sites for hydroxylation is 1. The molecule has 150 valence electrons. The van der Waals surface area contributed by atoms with Crippen molar-refractivity contribution >= 4 is 23.1 Å². The van der Waals surface area contributed by atoms with Crippen LogP contribution in [0.25, 0.3) is 11.3 Å². The Morgan fingerprint density at radius 1 is 1.14 bits per heavy atom. The molecule has 1 aromatic heterocycles. The maximum Gasteiger partial charge on any atom is 0.435 e. The molecule has 0 fully saturated rings. The Labute approximate surface area is 170 Å². The molecule has 0 saturated heterocycles. The van der Waals surface area contributed by atoms with Crippen molar-refractivity contribution in [2.24, 2.45) is 23.0 Å². The summed E-state index contributed by atoms with van der Waals surface area (Å²) in [6, 6.07) is 17.8. The molecule has 0 aliphatic carbocycles. The van der Waals surface area contributed by atoms with Crippen LogP contribution in [0.1, 0.15) is 16.8 Å². The lowest BCUT2D eigenvalue weighted by molar-refractivity contribution is -0.141. The zero-order chi connectivity index (χ0) is 20.9. The molecule has 1 heterocycles. The Morgan fingerprint density at radius 2 is 1.83 bits per heavy atom. The van der Waals surface area contributed by atoms with Crippen LogP contribution in [-0.4, -0.2) is 21.2 Å². The van der Waals surface area contributed by atoms with Crippen LogP contribution in [-0.2, 0) is 19.0 Å². The topological polar surface area (TPSA) is 68.6 Å². The molecule has 29 heavy (non-hydrogen) atoms. The van der Waals surface area contributed by atoms with Crippen LogP contribution in [0.15, 0.2) is 70.9 Å². The number of benzene rings is 2. The zero-order valence-corrected chi connectivity index (χ0v) is 16.3. The number of nitrogens with zero attached hydrogens (tertiary/aromatic N) is 4. The molecule has 0 aliphatic rings. The van der Waals surface area contributed by atoms with Crippen molar-refractivity contribution < 1.29 is 13.2 Å². The number of hydrogen-bond donors (Lipinski definition) is 1. The molecule has 0 aliphatic heterocycles. The van der Waals surface area contributed by atoms with Gasteiger partial charge in [0.05, 0.1) is 11.9 Å². The maximum absolute atomic E-state index is 12.9. The van der Waals surface area contributed by atoms with Crippen LogP contribution in [0.3, 0.4) is 0 Å². The lowest BCUT2D eigenvalue weighted by atomic mass is 10.1.